The van der Waals surface area contributed by atoms with Crippen LogP contribution in [-0.2, 0) is 25.5 Å². The molecule has 180 valence electrons. The van der Waals surface area contributed by atoms with Crippen LogP contribution >= 0.6 is 0 Å². The van der Waals surface area contributed by atoms with Crippen LogP contribution in [0.25, 0.3) is 0 Å². The number of carbonyl (C=O) groups is 2. The number of piperidine rings is 1. The van der Waals surface area contributed by atoms with Gasteiger partial charge in [0.15, 0.2) is 0 Å². The van der Waals surface area contributed by atoms with Gasteiger partial charge in [-0.1, -0.05) is 30.3 Å². The Morgan fingerprint density at radius 3 is 2.50 bits per heavy atom. The molecule has 2 aliphatic rings. The molecule has 1 aromatic carbocycles. The van der Waals surface area contributed by atoms with Gasteiger partial charge >= 0.3 is 12.1 Å². The predicted octanol–water partition coefficient (Wildman–Crippen LogP) is 2.45. The van der Waals surface area contributed by atoms with Gasteiger partial charge < -0.3 is 19.5 Å². The number of halogens is 3. The minimum atomic E-state index is -5.08. The molecule has 0 unspecified atom stereocenters. The molecule has 2 saturated heterocycles. The molecule has 3 rings (SSSR count). The van der Waals surface area contributed by atoms with Gasteiger partial charge in [-0.15, -0.1) is 0 Å². The normalized spacial score (nSPS) is 21.7. The molecule has 0 aliphatic carbocycles. The highest BCUT2D eigenvalue weighted by atomic mass is 19.4. The van der Waals surface area contributed by atoms with E-state index in [0.717, 1.165) is 58.8 Å². The second kappa shape index (κ2) is 12.8. The summed E-state index contributed by atoms with van der Waals surface area (Å²) >= 11 is 0. The van der Waals surface area contributed by atoms with E-state index in [1.165, 1.54) is 5.56 Å². The molecule has 1 amide bonds. The van der Waals surface area contributed by atoms with Crippen LogP contribution in [0.3, 0.4) is 0 Å². The zero-order valence-corrected chi connectivity index (χ0v) is 18.2. The van der Waals surface area contributed by atoms with Crippen molar-refractivity contribution in [2.75, 3.05) is 53.0 Å². The molecule has 0 bridgehead atoms. The fourth-order valence-electron chi connectivity index (χ4n) is 3.82. The predicted molar refractivity (Wildman–Crippen MR) is 111 cm³/mol. The van der Waals surface area contributed by atoms with E-state index in [4.69, 9.17) is 19.4 Å². The first kappa shape index (κ1) is 26.1. The summed E-state index contributed by atoms with van der Waals surface area (Å²) in [6, 6.07) is 10.2. The zero-order chi connectivity index (χ0) is 23.6. The van der Waals surface area contributed by atoms with Gasteiger partial charge in [0, 0.05) is 52.2 Å². The average molecular weight is 460 g/mol. The van der Waals surface area contributed by atoms with Crippen LogP contribution in [0.1, 0.15) is 18.4 Å². The fraction of sp³-hybridized carbons (Fsp3) is 0.636. The lowest BCUT2D eigenvalue weighted by molar-refractivity contribution is -0.192. The molecule has 0 aromatic heterocycles. The maximum Gasteiger partial charge on any atom is 0.490 e. The third-order valence-corrected chi connectivity index (χ3v) is 5.61. The van der Waals surface area contributed by atoms with Gasteiger partial charge in [-0.2, -0.15) is 13.2 Å². The Labute approximate surface area is 186 Å². The van der Waals surface area contributed by atoms with Gasteiger partial charge in [-0.05, 0) is 18.4 Å². The van der Waals surface area contributed by atoms with Crippen LogP contribution in [0.5, 0.6) is 0 Å². The van der Waals surface area contributed by atoms with Crippen molar-refractivity contribution in [3.8, 4) is 0 Å². The van der Waals surface area contributed by atoms with E-state index < -0.39 is 12.1 Å². The van der Waals surface area contributed by atoms with Crippen molar-refractivity contribution in [3.63, 3.8) is 0 Å². The number of aliphatic carboxylic acids is 1. The van der Waals surface area contributed by atoms with Crippen molar-refractivity contribution in [2.24, 2.45) is 5.92 Å². The van der Waals surface area contributed by atoms with E-state index in [1.807, 2.05) is 23.1 Å². The third kappa shape index (κ3) is 8.76. The van der Waals surface area contributed by atoms with Gasteiger partial charge in [0.25, 0.3) is 0 Å². The Balaban J connectivity index is 0.000000451. The lowest BCUT2D eigenvalue weighted by Gasteiger charge is -2.38. The number of carbonyl (C=O) groups excluding carboxylic acids is 1. The molecule has 10 heteroatoms. The molecular formula is C22H31F3N2O5. The number of amides is 1. The van der Waals surface area contributed by atoms with Crippen LogP contribution in [0.4, 0.5) is 13.2 Å². The summed E-state index contributed by atoms with van der Waals surface area (Å²) in [5, 5.41) is 7.12. The van der Waals surface area contributed by atoms with E-state index in [0.29, 0.717) is 12.3 Å². The van der Waals surface area contributed by atoms with Crippen LogP contribution in [0.2, 0.25) is 0 Å². The highest BCUT2D eigenvalue weighted by Gasteiger charge is 2.38. The lowest BCUT2D eigenvalue weighted by atomic mass is 9.93. The Morgan fingerprint density at radius 2 is 1.88 bits per heavy atom. The topological polar surface area (TPSA) is 79.3 Å². The zero-order valence-electron chi connectivity index (χ0n) is 18.2. The maximum atomic E-state index is 12.6. The van der Waals surface area contributed by atoms with E-state index in [2.05, 4.69) is 17.0 Å². The molecular weight excluding hydrogens is 429 g/mol. The molecule has 0 spiro atoms. The number of methoxy groups -OCH3 is 1. The largest absolute Gasteiger partial charge is 0.490 e. The second-order valence-electron chi connectivity index (χ2n) is 7.88. The highest BCUT2D eigenvalue weighted by molar-refractivity contribution is 5.76. The summed E-state index contributed by atoms with van der Waals surface area (Å²) < 4.78 is 43.0. The van der Waals surface area contributed by atoms with Crippen LogP contribution in [0, 0.1) is 5.92 Å². The standard InChI is InChI=1S/C20H30N2O3.C2HF3O2/c1-24-13-11-21-12-14-25-19-16-22(10-9-18(19)15-21)20(23)8-7-17-5-3-2-4-6-17;3-2(4,5)1(6)7/h2-6,18-19H,7-16H2,1H3;(H,6,7)/t18-,19-;/m1./s1. The first-order valence-corrected chi connectivity index (χ1v) is 10.7. The second-order valence-corrected chi connectivity index (χ2v) is 7.88. The van der Waals surface area contributed by atoms with E-state index >= 15 is 0 Å². The molecule has 7 nitrogen and oxygen atoms in total. The minimum absolute atomic E-state index is 0.182. The Kier molecular flexibility index (Phi) is 10.4. The van der Waals surface area contributed by atoms with Crippen molar-refractivity contribution in [1.29, 1.82) is 0 Å². The smallest absolute Gasteiger partial charge is 0.475 e. The third-order valence-electron chi connectivity index (χ3n) is 5.61. The summed E-state index contributed by atoms with van der Waals surface area (Å²) in [5.41, 5.74) is 1.23. The summed E-state index contributed by atoms with van der Waals surface area (Å²) in [5.74, 6) is -1.98. The molecule has 2 atom stereocenters. The number of alkyl halides is 3. The maximum absolute atomic E-state index is 12.6. The SMILES string of the molecule is COCCN1CCO[C@@H]2CN(C(=O)CCc3ccccc3)CC[C@@H]2C1.O=C(O)C(F)(F)F. The van der Waals surface area contributed by atoms with Gasteiger partial charge in [-0.25, -0.2) is 4.79 Å². The first-order valence-electron chi connectivity index (χ1n) is 10.7. The van der Waals surface area contributed by atoms with Gasteiger partial charge in [-0.3, -0.25) is 9.69 Å². The van der Waals surface area contributed by atoms with Crippen molar-refractivity contribution in [2.45, 2.75) is 31.5 Å². The molecule has 2 aliphatic heterocycles. The Morgan fingerprint density at radius 1 is 1.19 bits per heavy atom. The number of ether oxygens (including phenoxy) is 2. The molecule has 1 N–H and O–H groups in total. The number of fused-ring (bicyclic) bond motifs is 1. The quantitative estimate of drug-likeness (QED) is 0.703. The number of carboxylic acids is 1. The summed E-state index contributed by atoms with van der Waals surface area (Å²) in [4.78, 5) is 25.9. The number of carboxylic acid groups (broad SMARTS) is 1. The molecule has 2 heterocycles. The van der Waals surface area contributed by atoms with Crippen molar-refractivity contribution < 1.29 is 37.3 Å². The number of rotatable bonds is 6. The number of hydrogen-bond donors (Lipinski definition) is 1. The number of hydrogen-bond acceptors (Lipinski definition) is 5. The molecule has 1 aromatic rings. The van der Waals surface area contributed by atoms with Gasteiger partial charge in [0.05, 0.1) is 19.3 Å². The van der Waals surface area contributed by atoms with Crippen molar-refractivity contribution in [3.05, 3.63) is 35.9 Å². The average Bonchev–Trinajstić information content (AvgIpc) is 2.97. The van der Waals surface area contributed by atoms with Gasteiger partial charge in [0.1, 0.15) is 0 Å². The number of nitrogens with zero attached hydrogens (tertiary/aromatic N) is 2. The van der Waals surface area contributed by atoms with E-state index in [-0.39, 0.29) is 12.0 Å². The summed E-state index contributed by atoms with van der Waals surface area (Å²) in [6.07, 6.45) is -2.47. The van der Waals surface area contributed by atoms with E-state index in [1.54, 1.807) is 7.11 Å². The van der Waals surface area contributed by atoms with E-state index in [9.17, 15) is 18.0 Å². The molecule has 0 saturated carbocycles. The highest BCUT2D eigenvalue weighted by Crippen LogP contribution is 2.24. The first-order chi connectivity index (χ1) is 15.2. The molecule has 0 radical (unpaired) electrons. The minimum Gasteiger partial charge on any atom is -0.475 e. The summed E-state index contributed by atoms with van der Waals surface area (Å²) in [6.45, 7) is 6.09. The summed E-state index contributed by atoms with van der Waals surface area (Å²) in [7, 11) is 1.75. The van der Waals surface area contributed by atoms with Crippen molar-refractivity contribution in [1.82, 2.24) is 9.80 Å². The number of aryl methyl sites for hydroxylation is 1. The monoisotopic (exact) mass is 460 g/mol. The lowest BCUT2D eigenvalue weighted by Crippen LogP contribution is -2.49. The fourth-order valence-corrected chi connectivity index (χ4v) is 3.82. The molecule has 2 fully saturated rings. The number of benzene rings is 1. The van der Waals surface area contributed by atoms with Crippen LogP contribution in [0.15, 0.2) is 30.3 Å². The van der Waals surface area contributed by atoms with Crippen LogP contribution < -0.4 is 0 Å². The van der Waals surface area contributed by atoms with Crippen molar-refractivity contribution >= 4 is 11.9 Å². The van der Waals surface area contributed by atoms with Gasteiger partial charge in [0.2, 0.25) is 5.91 Å². The van der Waals surface area contributed by atoms with Crippen LogP contribution in [-0.4, -0.2) is 92.1 Å². The molecule has 32 heavy (non-hydrogen) atoms. The Hall–Kier alpha value is -2.17. The Bertz CT molecular complexity index is 717. The number of likely N-dealkylation sites (tertiary alicyclic amines) is 1.